The number of benzene rings is 2. The average molecular weight is 342 g/mol. The largest absolute Gasteiger partial charge is 0.507 e. The number of ether oxygens (including phenoxy) is 1. The van der Waals surface area contributed by atoms with Crippen molar-refractivity contribution in [3.63, 3.8) is 0 Å². The van der Waals surface area contributed by atoms with Gasteiger partial charge in [-0.2, -0.15) is 0 Å². The normalized spacial score (nSPS) is 10.7. The van der Waals surface area contributed by atoms with Crippen LogP contribution in [0.15, 0.2) is 67.5 Å². The third kappa shape index (κ3) is 3.14. The summed E-state index contributed by atoms with van der Waals surface area (Å²) in [5.74, 6) is -0.702. The predicted octanol–water partition coefficient (Wildman–Crippen LogP) is 3.83. The zero-order valence-corrected chi connectivity index (χ0v) is 13.6. The molecule has 0 aliphatic rings. The van der Waals surface area contributed by atoms with Gasteiger partial charge in [0.1, 0.15) is 16.9 Å². The monoisotopic (exact) mass is 342 g/mol. The van der Waals surface area contributed by atoms with Gasteiger partial charge >= 0.3 is 11.6 Å². The molecule has 0 aliphatic carbocycles. The van der Waals surface area contributed by atoms with Crippen molar-refractivity contribution in [1.29, 1.82) is 0 Å². The molecule has 0 aliphatic heterocycles. The summed E-state index contributed by atoms with van der Waals surface area (Å²) in [4.78, 5) is 25.3. The van der Waals surface area contributed by atoms with Gasteiger partial charge in [0, 0.05) is 10.3 Å². The Kier molecular flexibility index (Phi) is 4.57. The van der Waals surface area contributed by atoms with Crippen LogP contribution < -0.4 is 5.63 Å². The fourth-order valence-corrected chi connectivity index (χ4v) is 3.19. The summed E-state index contributed by atoms with van der Waals surface area (Å²) < 4.78 is 10.1. The number of hydrogen-bond donors (Lipinski definition) is 1. The molecule has 0 bridgehead atoms. The van der Waals surface area contributed by atoms with E-state index in [0.29, 0.717) is 15.9 Å². The van der Waals surface area contributed by atoms with E-state index in [1.807, 2.05) is 30.3 Å². The SMILES string of the molecule is CCOC(=O)c1cc2c(Sc3ccccc3)c(O)ccc2oc1=O. The number of fused-ring (bicyclic) bond motifs is 1. The summed E-state index contributed by atoms with van der Waals surface area (Å²) in [5.41, 5.74) is -0.656. The van der Waals surface area contributed by atoms with Gasteiger partial charge in [-0.1, -0.05) is 30.0 Å². The highest BCUT2D eigenvalue weighted by atomic mass is 32.2. The Hall–Kier alpha value is -2.73. The van der Waals surface area contributed by atoms with Gasteiger partial charge in [0.2, 0.25) is 0 Å². The molecule has 0 radical (unpaired) electrons. The topological polar surface area (TPSA) is 76.7 Å². The zero-order chi connectivity index (χ0) is 17.1. The second kappa shape index (κ2) is 6.80. The van der Waals surface area contributed by atoms with Gasteiger partial charge in [-0.25, -0.2) is 9.59 Å². The lowest BCUT2D eigenvalue weighted by molar-refractivity contribution is 0.0521. The Morgan fingerprint density at radius 1 is 1.21 bits per heavy atom. The molecule has 1 aromatic heterocycles. The number of rotatable bonds is 4. The number of hydrogen-bond acceptors (Lipinski definition) is 6. The third-order valence-electron chi connectivity index (χ3n) is 3.31. The highest BCUT2D eigenvalue weighted by molar-refractivity contribution is 7.99. The number of esters is 1. The molecule has 0 saturated carbocycles. The number of phenols is 1. The van der Waals surface area contributed by atoms with E-state index in [1.54, 1.807) is 6.92 Å². The van der Waals surface area contributed by atoms with Crippen LogP contribution >= 0.6 is 11.8 Å². The number of carbonyl (C=O) groups is 1. The third-order valence-corrected chi connectivity index (χ3v) is 4.45. The van der Waals surface area contributed by atoms with Crippen molar-refractivity contribution in [3.8, 4) is 5.75 Å². The average Bonchev–Trinajstić information content (AvgIpc) is 2.58. The van der Waals surface area contributed by atoms with Crippen molar-refractivity contribution in [3.05, 3.63) is 64.5 Å². The van der Waals surface area contributed by atoms with Crippen LogP contribution in [0.4, 0.5) is 0 Å². The van der Waals surface area contributed by atoms with E-state index in [2.05, 4.69) is 0 Å². The maximum absolute atomic E-state index is 12.0. The van der Waals surface area contributed by atoms with Crippen LogP contribution in [0.3, 0.4) is 0 Å². The lowest BCUT2D eigenvalue weighted by Gasteiger charge is -2.09. The Balaban J connectivity index is 2.17. The molecule has 0 atom stereocenters. The lowest BCUT2D eigenvalue weighted by atomic mass is 10.2. The van der Waals surface area contributed by atoms with E-state index in [9.17, 15) is 14.7 Å². The fourth-order valence-electron chi connectivity index (χ4n) is 2.22. The first-order valence-corrected chi connectivity index (χ1v) is 8.11. The van der Waals surface area contributed by atoms with Gasteiger partial charge in [-0.3, -0.25) is 0 Å². The number of carbonyl (C=O) groups excluding carboxylic acids is 1. The summed E-state index contributed by atoms with van der Waals surface area (Å²) in [6.45, 7) is 1.81. The van der Waals surface area contributed by atoms with Crippen molar-refractivity contribution in [2.24, 2.45) is 0 Å². The van der Waals surface area contributed by atoms with Crippen LogP contribution in [0.1, 0.15) is 17.3 Å². The highest BCUT2D eigenvalue weighted by Gasteiger charge is 2.18. The quantitative estimate of drug-likeness (QED) is 0.574. The van der Waals surface area contributed by atoms with Crippen molar-refractivity contribution in [2.45, 2.75) is 16.7 Å². The molecule has 1 N–H and O–H groups in total. The molecule has 6 heteroatoms. The van der Waals surface area contributed by atoms with E-state index >= 15 is 0 Å². The van der Waals surface area contributed by atoms with Gasteiger partial charge in [0.05, 0.1) is 11.5 Å². The summed E-state index contributed by atoms with van der Waals surface area (Å²) in [5, 5.41) is 10.7. The summed E-state index contributed by atoms with van der Waals surface area (Å²) in [6, 6.07) is 13.8. The summed E-state index contributed by atoms with van der Waals surface area (Å²) in [7, 11) is 0. The van der Waals surface area contributed by atoms with E-state index in [-0.39, 0.29) is 17.9 Å². The molecule has 24 heavy (non-hydrogen) atoms. The molecule has 1 heterocycles. The van der Waals surface area contributed by atoms with Crippen LogP contribution in [-0.2, 0) is 4.74 Å². The molecule has 0 spiro atoms. The molecular formula is C18H14O5S. The molecule has 122 valence electrons. The van der Waals surface area contributed by atoms with Gasteiger partial charge in [-0.05, 0) is 37.3 Å². The molecule has 0 saturated heterocycles. The predicted molar refractivity (Wildman–Crippen MR) is 90.7 cm³/mol. The Morgan fingerprint density at radius 3 is 2.67 bits per heavy atom. The first-order valence-electron chi connectivity index (χ1n) is 7.30. The lowest BCUT2D eigenvalue weighted by Crippen LogP contribution is -2.16. The zero-order valence-electron chi connectivity index (χ0n) is 12.8. The van der Waals surface area contributed by atoms with E-state index < -0.39 is 11.6 Å². The molecule has 5 nitrogen and oxygen atoms in total. The van der Waals surface area contributed by atoms with Crippen molar-refractivity contribution >= 4 is 28.7 Å². The minimum absolute atomic E-state index is 0.0417. The van der Waals surface area contributed by atoms with Crippen LogP contribution in [0.25, 0.3) is 11.0 Å². The maximum Gasteiger partial charge on any atom is 0.351 e. The number of aromatic hydroxyl groups is 1. The molecule has 3 rings (SSSR count). The molecular weight excluding hydrogens is 328 g/mol. The Labute approximate surface area is 141 Å². The first-order chi connectivity index (χ1) is 11.6. The molecule has 0 unspecified atom stereocenters. The van der Waals surface area contributed by atoms with Gasteiger partial charge in [0.15, 0.2) is 0 Å². The second-order valence-corrected chi connectivity index (χ2v) is 5.99. The smallest absolute Gasteiger partial charge is 0.351 e. The fraction of sp³-hybridized carbons (Fsp3) is 0.111. The highest BCUT2D eigenvalue weighted by Crippen LogP contribution is 2.39. The Morgan fingerprint density at radius 2 is 1.96 bits per heavy atom. The molecule has 0 amide bonds. The van der Waals surface area contributed by atoms with Gasteiger partial charge in [0.25, 0.3) is 0 Å². The maximum atomic E-state index is 12.0. The molecule has 2 aromatic carbocycles. The van der Waals surface area contributed by atoms with Crippen LogP contribution in [0, 0.1) is 0 Å². The van der Waals surface area contributed by atoms with Crippen LogP contribution in [0.2, 0.25) is 0 Å². The van der Waals surface area contributed by atoms with Crippen molar-refractivity contribution in [1.82, 2.24) is 0 Å². The standard InChI is InChI=1S/C18H14O5S/c1-2-22-17(20)13-10-12-15(23-18(13)21)9-8-14(19)16(12)24-11-6-4-3-5-7-11/h3-10,19H,2H2,1H3. The van der Waals surface area contributed by atoms with E-state index in [1.165, 1.54) is 30.0 Å². The van der Waals surface area contributed by atoms with E-state index in [4.69, 9.17) is 9.15 Å². The van der Waals surface area contributed by atoms with Gasteiger partial charge < -0.3 is 14.3 Å². The minimum Gasteiger partial charge on any atom is -0.507 e. The number of phenolic OH excluding ortho intramolecular Hbond substituents is 1. The minimum atomic E-state index is -0.762. The molecule has 3 aromatic rings. The van der Waals surface area contributed by atoms with Crippen molar-refractivity contribution < 1.29 is 19.1 Å². The second-order valence-electron chi connectivity index (χ2n) is 4.91. The first kappa shape index (κ1) is 16.1. The molecule has 0 fully saturated rings. The van der Waals surface area contributed by atoms with Gasteiger partial charge in [-0.15, -0.1) is 0 Å². The summed E-state index contributed by atoms with van der Waals surface area (Å²) in [6.07, 6.45) is 0. The van der Waals surface area contributed by atoms with Crippen LogP contribution in [-0.4, -0.2) is 17.7 Å². The van der Waals surface area contributed by atoms with Crippen molar-refractivity contribution in [2.75, 3.05) is 6.61 Å². The van der Waals surface area contributed by atoms with E-state index in [0.717, 1.165) is 4.90 Å². The Bertz CT molecular complexity index is 947. The summed E-state index contributed by atoms with van der Waals surface area (Å²) >= 11 is 1.32. The van der Waals surface area contributed by atoms with Crippen LogP contribution in [0.5, 0.6) is 5.75 Å².